The van der Waals surface area contributed by atoms with E-state index in [0.29, 0.717) is 24.8 Å². The lowest BCUT2D eigenvalue weighted by Gasteiger charge is -2.26. The van der Waals surface area contributed by atoms with E-state index in [1.165, 1.54) is 23.8 Å². The Kier molecular flexibility index (Phi) is 7.10. The Bertz CT molecular complexity index is 1260. The first-order chi connectivity index (χ1) is 16.9. The Balaban J connectivity index is 1.47. The smallest absolute Gasteiger partial charge is 0.335 e. The Morgan fingerprint density at radius 2 is 1.74 bits per heavy atom. The molecule has 8 heteroatoms. The minimum absolute atomic E-state index is 0.162. The van der Waals surface area contributed by atoms with Crippen LogP contribution in [0.4, 0.5) is 14.9 Å². The molecular weight excluding hydrogens is 449 g/mol. The summed E-state index contributed by atoms with van der Waals surface area (Å²) in [6.45, 7) is 5.20. The summed E-state index contributed by atoms with van der Waals surface area (Å²) in [5, 5.41) is 2.17. The lowest BCUT2D eigenvalue weighted by molar-refractivity contribution is -0.122. The summed E-state index contributed by atoms with van der Waals surface area (Å²) < 4.78 is 21.0. The molecule has 0 spiro atoms. The summed E-state index contributed by atoms with van der Waals surface area (Å²) in [6.07, 6.45) is 4.32. The number of benzene rings is 2. The summed E-state index contributed by atoms with van der Waals surface area (Å²) in [4.78, 5) is 38.6. The SMILES string of the molecule is CCC(C)c1ccc(OCCn2cccc2C=C2C(=O)NC(=O)N(c3ccc(F)cc3)C2=O)cc1. The molecule has 1 atom stereocenters. The average Bonchev–Trinajstić information content (AvgIpc) is 3.29. The van der Waals surface area contributed by atoms with E-state index < -0.39 is 23.7 Å². The van der Waals surface area contributed by atoms with Crippen molar-refractivity contribution in [1.82, 2.24) is 9.88 Å². The molecule has 180 valence electrons. The van der Waals surface area contributed by atoms with Crippen LogP contribution in [0.2, 0.25) is 0 Å². The molecule has 1 aliphatic heterocycles. The molecule has 7 nitrogen and oxygen atoms in total. The molecule has 1 fully saturated rings. The standard InChI is InChI=1S/C27H26FN3O4/c1-3-18(2)19-6-12-23(13-7-19)35-16-15-30-14-4-5-22(30)17-24-25(32)29-27(34)31(26(24)33)21-10-8-20(28)9-11-21/h4-14,17-18H,3,15-16H2,1-2H3,(H,29,32,34). The maximum absolute atomic E-state index is 13.3. The van der Waals surface area contributed by atoms with Crippen LogP contribution in [0, 0.1) is 5.82 Å². The highest BCUT2D eigenvalue weighted by atomic mass is 19.1. The van der Waals surface area contributed by atoms with Crippen LogP contribution in [-0.4, -0.2) is 29.0 Å². The molecule has 3 aromatic rings. The fourth-order valence-electron chi connectivity index (χ4n) is 3.78. The minimum Gasteiger partial charge on any atom is -0.492 e. The van der Waals surface area contributed by atoms with Crippen LogP contribution in [-0.2, 0) is 16.1 Å². The molecule has 1 saturated heterocycles. The van der Waals surface area contributed by atoms with E-state index in [4.69, 9.17) is 4.74 Å². The fourth-order valence-corrected chi connectivity index (χ4v) is 3.78. The second-order valence-electron chi connectivity index (χ2n) is 8.29. The van der Waals surface area contributed by atoms with Gasteiger partial charge in [0.2, 0.25) is 0 Å². The van der Waals surface area contributed by atoms with Gasteiger partial charge in [-0.05, 0) is 72.5 Å². The Morgan fingerprint density at radius 1 is 1.03 bits per heavy atom. The first-order valence-corrected chi connectivity index (χ1v) is 11.4. The Morgan fingerprint density at radius 3 is 2.43 bits per heavy atom. The molecule has 0 radical (unpaired) electrons. The zero-order valence-electron chi connectivity index (χ0n) is 19.5. The molecule has 4 rings (SSSR count). The molecule has 0 bridgehead atoms. The van der Waals surface area contributed by atoms with Gasteiger partial charge in [0.1, 0.15) is 23.7 Å². The fraction of sp³-hybridized carbons (Fsp3) is 0.222. The van der Waals surface area contributed by atoms with Crippen LogP contribution in [0.5, 0.6) is 5.75 Å². The molecular formula is C27H26FN3O4. The maximum Gasteiger partial charge on any atom is 0.335 e. The molecule has 4 amide bonds. The van der Waals surface area contributed by atoms with Crippen LogP contribution in [0.25, 0.3) is 6.08 Å². The molecule has 2 aromatic carbocycles. The number of hydrogen-bond donors (Lipinski definition) is 1. The number of carbonyl (C=O) groups is 3. The number of anilines is 1. The van der Waals surface area contributed by atoms with Gasteiger partial charge in [0.05, 0.1) is 12.2 Å². The third kappa shape index (κ3) is 5.32. The third-order valence-corrected chi connectivity index (χ3v) is 6.01. The summed E-state index contributed by atoms with van der Waals surface area (Å²) in [6, 6.07) is 15.6. The van der Waals surface area contributed by atoms with Crippen molar-refractivity contribution < 1.29 is 23.5 Å². The molecule has 1 N–H and O–H groups in total. The molecule has 0 saturated carbocycles. The Labute approximate surface area is 202 Å². The number of ether oxygens (including phenoxy) is 1. The number of rotatable bonds is 8. The van der Waals surface area contributed by atoms with Gasteiger partial charge >= 0.3 is 6.03 Å². The maximum atomic E-state index is 13.3. The quantitative estimate of drug-likeness (QED) is 0.372. The third-order valence-electron chi connectivity index (χ3n) is 6.01. The first-order valence-electron chi connectivity index (χ1n) is 11.4. The zero-order valence-corrected chi connectivity index (χ0v) is 19.5. The minimum atomic E-state index is -0.883. The predicted molar refractivity (Wildman–Crippen MR) is 130 cm³/mol. The van der Waals surface area contributed by atoms with Crippen molar-refractivity contribution in [2.45, 2.75) is 32.7 Å². The number of nitrogens with one attached hydrogen (secondary N) is 1. The number of hydrogen-bond acceptors (Lipinski definition) is 4. The molecule has 35 heavy (non-hydrogen) atoms. The number of carbonyl (C=O) groups excluding carboxylic acids is 3. The lowest BCUT2D eigenvalue weighted by atomic mass is 9.99. The van der Waals surface area contributed by atoms with Crippen LogP contribution in [0.1, 0.15) is 37.4 Å². The van der Waals surface area contributed by atoms with E-state index in [1.54, 1.807) is 12.1 Å². The summed E-state index contributed by atoms with van der Waals surface area (Å²) in [5.41, 5.74) is 1.83. The molecule has 2 heterocycles. The van der Waals surface area contributed by atoms with Crippen LogP contribution >= 0.6 is 0 Å². The normalized spacial score (nSPS) is 15.9. The van der Waals surface area contributed by atoms with Crippen molar-refractivity contribution >= 4 is 29.6 Å². The van der Waals surface area contributed by atoms with E-state index >= 15 is 0 Å². The number of aromatic nitrogens is 1. The van der Waals surface area contributed by atoms with E-state index in [9.17, 15) is 18.8 Å². The predicted octanol–water partition coefficient (Wildman–Crippen LogP) is 4.89. The van der Waals surface area contributed by atoms with Crippen LogP contribution in [0.3, 0.4) is 0 Å². The van der Waals surface area contributed by atoms with Gasteiger partial charge in [-0.25, -0.2) is 14.1 Å². The van der Waals surface area contributed by atoms with Gasteiger partial charge in [-0.2, -0.15) is 0 Å². The second kappa shape index (κ2) is 10.4. The van der Waals surface area contributed by atoms with Gasteiger partial charge in [0.15, 0.2) is 0 Å². The summed E-state index contributed by atoms with van der Waals surface area (Å²) >= 11 is 0. The van der Waals surface area contributed by atoms with Crippen molar-refractivity contribution in [3.8, 4) is 5.75 Å². The van der Waals surface area contributed by atoms with Crippen molar-refractivity contribution in [1.29, 1.82) is 0 Å². The molecule has 1 aromatic heterocycles. The zero-order chi connectivity index (χ0) is 24.9. The van der Waals surface area contributed by atoms with Gasteiger partial charge in [0, 0.05) is 11.9 Å². The molecule has 1 unspecified atom stereocenters. The number of imide groups is 2. The summed E-state index contributed by atoms with van der Waals surface area (Å²) in [7, 11) is 0. The van der Waals surface area contributed by atoms with Gasteiger partial charge in [-0.1, -0.05) is 26.0 Å². The van der Waals surface area contributed by atoms with Crippen molar-refractivity contribution in [2.75, 3.05) is 11.5 Å². The topological polar surface area (TPSA) is 80.6 Å². The van der Waals surface area contributed by atoms with Gasteiger partial charge in [0.25, 0.3) is 11.8 Å². The van der Waals surface area contributed by atoms with E-state index in [0.717, 1.165) is 29.2 Å². The average molecular weight is 476 g/mol. The lowest BCUT2D eigenvalue weighted by Crippen LogP contribution is -2.54. The second-order valence-corrected chi connectivity index (χ2v) is 8.29. The largest absolute Gasteiger partial charge is 0.492 e. The molecule has 1 aliphatic rings. The van der Waals surface area contributed by atoms with E-state index in [-0.39, 0.29) is 11.3 Å². The van der Waals surface area contributed by atoms with Gasteiger partial charge in [-0.15, -0.1) is 0 Å². The molecule has 0 aliphatic carbocycles. The van der Waals surface area contributed by atoms with Crippen molar-refractivity contribution in [3.05, 3.63) is 89.5 Å². The highest BCUT2D eigenvalue weighted by molar-refractivity contribution is 6.39. The van der Waals surface area contributed by atoms with Crippen LogP contribution < -0.4 is 15.0 Å². The first kappa shape index (κ1) is 23.9. The number of halogens is 1. The van der Waals surface area contributed by atoms with Crippen molar-refractivity contribution in [3.63, 3.8) is 0 Å². The number of nitrogens with zero attached hydrogens (tertiary/aromatic N) is 2. The van der Waals surface area contributed by atoms with Gasteiger partial charge < -0.3 is 9.30 Å². The Hall–Kier alpha value is -4.20. The van der Waals surface area contributed by atoms with Gasteiger partial charge in [-0.3, -0.25) is 14.9 Å². The highest BCUT2D eigenvalue weighted by Gasteiger charge is 2.37. The van der Waals surface area contributed by atoms with E-state index in [2.05, 4.69) is 31.3 Å². The monoisotopic (exact) mass is 475 g/mol. The number of urea groups is 1. The van der Waals surface area contributed by atoms with Crippen LogP contribution in [0.15, 0.2) is 72.4 Å². The highest BCUT2D eigenvalue weighted by Crippen LogP contribution is 2.23. The summed E-state index contributed by atoms with van der Waals surface area (Å²) in [5.74, 6) is -0.815. The number of amides is 4. The van der Waals surface area contributed by atoms with E-state index in [1.807, 2.05) is 22.9 Å². The van der Waals surface area contributed by atoms with Crippen molar-refractivity contribution in [2.24, 2.45) is 0 Å². The number of barbiturate groups is 1.